The third-order valence-electron chi connectivity index (χ3n) is 1.90. The number of rotatable bonds is 5. The minimum atomic E-state index is -3.97. The topological polar surface area (TPSA) is 72.5 Å². The van der Waals surface area contributed by atoms with E-state index < -0.39 is 28.4 Å². The van der Waals surface area contributed by atoms with E-state index in [-0.39, 0.29) is 16.5 Å². The molecular formula is C10H11ClFNO4S. The fraction of sp³-hybridized carbons (Fsp3) is 0.300. The largest absolute Gasteiger partial charge is 0.465 e. The molecule has 0 heterocycles. The molecule has 0 spiro atoms. The average molecular weight is 296 g/mol. The maximum atomic E-state index is 12.8. The standard InChI is InChI=1S/C10H11ClFNO4S/c1-2-17-10(14)6-13-18(15,16)9-4-3-7(12)5-8(9)11/h3-5,13H,2,6H2,1H3. The van der Waals surface area contributed by atoms with Crippen LogP contribution < -0.4 is 4.72 Å². The van der Waals surface area contributed by atoms with E-state index in [0.717, 1.165) is 18.2 Å². The monoisotopic (exact) mass is 295 g/mol. The summed E-state index contributed by atoms with van der Waals surface area (Å²) in [5, 5.41) is -0.258. The van der Waals surface area contributed by atoms with E-state index in [1.165, 1.54) is 0 Å². The Morgan fingerprint density at radius 1 is 1.50 bits per heavy atom. The van der Waals surface area contributed by atoms with Gasteiger partial charge in [-0.05, 0) is 25.1 Å². The van der Waals surface area contributed by atoms with E-state index in [1.54, 1.807) is 6.92 Å². The highest BCUT2D eigenvalue weighted by Crippen LogP contribution is 2.21. The summed E-state index contributed by atoms with van der Waals surface area (Å²) < 4.78 is 42.8. The molecule has 0 radical (unpaired) electrons. The molecule has 0 aliphatic heterocycles. The van der Waals surface area contributed by atoms with Gasteiger partial charge in [0.05, 0.1) is 11.6 Å². The predicted molar refractivity (Wildman–Crippen MR) is 63.2 cm³/mol. The van der Waals surface area contributed by atoms with Crippen LogP contribution in [-0.4, -0.2) is 27.5 Å². The highest BCUT2D eigenvalue weighted by atomic mass is 35.5. The summed E-state index contributed by atoms with van der Waals surface area (Å²) in [4.78, 5) is 10.7. The summed E-state index contributed by atoms with van der Waals surface area (Å²) in [5.41, 5.74) is 0. The molecule has 1 aromatic rings. The van der Waals surface area contributed by atoms with E-state index in [1.807, 2.05) is 4.72 Å². The quantitative estimate of drug-likeness (QED) is 0.832. The van der Waals surface area contributed by atoms with Crippen LogP contribution in [0.4, 0.5) is 4.39 Å². The second kappa shape index (κ2) is 6.12. The molecule has 1 rings (SSSR count). The summed E-state index contributed by atoms with van der Waals surface area (Å²) >= 11 is 5.62. The van der Waals surface area contributed by atoms with Crippen LogP contribution >= 0.6 is 11.6 Å². The van der Waals surface area contributed by atoms with Gasteiger partial charge in [-0.1, -0.05) is 11.6 Å². The van der Waals surface area contributed by atoms with Crippen LogP contribution in [0.15, 0.2) is 23.1 Å². The Kier molecular flexibility index (Phi) is 5.06. The van der Waals surface area contributed by atoms with Crippen molar-refractivity contribution in [3.63, 3.8) is 0 Å². The predicted octanol–water partition coefficient (Wildman–Crippen LogP) is 1.32. The molecule has 0 aliphatic rings. The third-order valence-corrected chi connectivity index (χ3v) is 3.78. The van der Waals surface area contributed by atoms with Crippen LogP contribution in [0.25, 0.3) is 0 Å². The Labute approximate surface area is 109 Å². The molecule has 0 atom stereocenters. The number of esters is 1. The van der Waals surface area contributed by atoms with Crippen molar-refractivity contribution in [1.82, 2.24) is 4.72 Å². The van der Waals surface area contributed by atoms with Crippen LogP contribution in [-0.2, 0) is 19.6 Å². The summed E-state index contributed by atoms with van der Waals surface area (Å²) in [7, 11) is -3.97. The van der Waals surface area contributed by atoms with Crippen LogP contribution in [0, 0.1) is 5.82 Å². The lowest BCUT2D eigenvalue weighted by molar-refractivity contribution is -0.141. The second-order valence-electron chi connectivity index (χ2n) is 3.20. The van der Waals surface area contributed by atoms with Crippen molar-refractivity contribution in [2.75, 3.05) is 13.2 Å². The van der Waals surface area contributed by atoms with Crippen molar-refractivity contribution in [2.24, 2.45) is 0 Å². The smallest absolute Gasteiger partial charge is 0.321 e. The molecule has 0 aromatic heterocycles. The Hall–Kier alpha value is -1.18. The summed E-state index contributed by atoms with van der Waals surface area (Å²) in [6.07, 6.45) is 0. The SMILES string of the molecule is CCOC(=O)CNS(=O)(=O)c1ccc(F)cc1Cl. The lowest BCUT2D eigenvalue weighted by Gasteiger charge is -2.07. The molecule has 18 heavy (non-hydrogen) atoms. The maximum absolute atomic E-state index is 12.8. The number of halogens is 2. The first-order valence-corrected chi connectivity index (χ1v) is 6.83. The van der Waals surface area contributed by atoms with E-state index in [0.29, 0.717) is 0 Å². The first-order valence-electron chi connectivity index (χ1n) is 4.97. The van der Waals surface area contributed by atoms with Crippen LogP contribution in [0.5, 0.6) is 0 Å². The Balaban J connectivity index is 2.83. The van der Waals surface area contributed by atoms with Crippen molar-refractivity contribution in [2.45, 2.75) is 11.8 Å². The van der Waals surface area contributed by atoms with Gasteiger partial charge in [-0.2, -0.15) is 4.72 Å². The molecule has 100 valence electrons. The number of benzene rings is 1. The van der Waals surface area contributed by atoms with Gasteiger partial charge in [0.25, 0.3) is 0 Å². The molecule has 0 unspecified atom stereocenters. The molecule has 1 N–H and O–H groups in total. The van der Waals surface area contributed by atoms with Crippen LogP contribution in [0.2, 0.25) is 5.02 Å². The number of carbonyl (C=O) groups is 1. The minimum absolute atomic E-state index is 0.151. The number of nitrogens with one attached hydrogen (secondary N) is 1. The zero-order chi connectivity index (χ0) is 13.8. The fourth-order valence-electron chi connectivity index (χ4n) is 1.14. The fourth-order valence-corrected chi connectivity index (χ4v) is 2.64. The molecule has 5 nitrogen and oxygen atoms in total. The van der Waals surface area contributed by atoms with Crippen molar-refractivity contribution >= 4 is 27.6 Å². The third kappa shape index (κ3) is 3.94. The molecule has 8 heteroatoms. The zero-order valence-electron chi connectivity index (χ0n) is 9.44. The average Bonchev–Trinajstić information content (AvgIpc) is 2.26. The lowest BCUT2D eigenvalue weighted by Crippen LogP contribution is -2.30. The van der Waals surface area contributed by atoms with E-state index in [2.05, 4.69) is 4.74 Å². The van der Waals surface area contributed by atoms with E-state index in [9.17, 15) is 17.6 Å². The summed E-state index contributed by atoms with van der Waals surface area (Å²) in [5.74, 6) is -1.36. The number of hydrogen-bond donors (Lipinski definition) is 1. The van der Waals surface area contributed by atoms with Gasteiger partial charge in [-0.15, -0.1) is 0 Å². The molecule has 0 bridgehead atoms. The number of sulfonamides is 1. The summed E-state index contributed by atoms with van der Waals surface area (Å²) in [6.45, 7) is 1.24. The molecule has 0 saturated heterocycles. The first-order chi connectivity index (χ1) is 8.36. The van der Waals surface area contributed by atoms with Gasteiger partial charge in [0.15, 0.2) is 0 Å². The number of hydrogen-bond acceptors (Lipinski definition) is 4. The minimum Gasteiger partial charge on any atom is -0.465 e. The second-order valence-corrected chi connectivity index (χ2v) is 5.35. The Morgan fingerprint density at radius 3 is 2.72 bits per heavy atom. The maximum Gasteiger partial charge on any atom is 0.321 e. The van der Waals surface area contributed by atoms with Crippen LogP contribution in [0.1, 0.15) is 6.92 Å². The van der Waals surface area contributed by atoms with Gasteiger partial charge in [-0.25, -0.2) is 12.8 Å². The molecule has 0 fully saturated rings. The highest BCUT2D eigenvalue weighted by Gasteiger charge is 2.19. The molecule has 0 amide bonds. The van der Waals surface area contributed by atoms with Gasteiger partial charge < -0.3 is 4.74 Å². The Morgan fingerprint density at radius 2 is 2.17 bits per heavy atom. The van der Waals surface area contributed by atoms with Crippen molar-refractivity contribution in [1.29, 1.82) is 0 Å². The summed E-state index contributed by atoms with van der Waals surface area (Å²) in [6, 6.07) is 2.86. The van der Waals surface area contributed by atoms with Crippen molar-refractivity contribution in [3.8, 4) is 0 Å². The van der Waals surface area contributed by atoms with Gasteiger partial charge in [0, 0.05) is 0 Å². The van der Waals surface area contributed by atoms with E-state index >= 15 is 0 Å². The van der Waals surface area contributed by atoms with Crippen molar-refractivity contribution in [3.05, 3.63) is 29.0 Å². The zero-order valence-corrected chi connectivity index (χ0v) is 11.0. The first kappa shape index (κ1) is 14.9. The highest BCUT2D eigenvalue weighted by molar-refractivity contribution is 7.89. The van der Waals surface area contributed by atoms with Gasteiger partial charge in [-0.3, -0.25) is 4.79 Å². The van der Waals surface area contributed by atoms with Crippen LogP contribution in [0.3, 0.4) is 0 Å². The molecule has 0 saturated carbocycles. The van der Waals surface area contributed by atoms with Gasteiger partial charge >= 0.3 is 5.97 Å². The van der Waals surface area contributed by atoms with Gasteiger partial charge in [0.2, 0.25) is 10.0 Å². The lowest BCUT2D eigenvalue weighted by atomic mass is 10.3. The van der Waals surface area contributed by atoms with Gasteiger partial charge in [0.1, 0.15) is 17.3 Å². The normalized spacial score (nSPS) is 11.3. The molecule has 0 aliphatic carbocycles. The Bertz CT molecular complexity index is 547. The van der Waals surface area contributed by atoms with Crippen molar-refractivity contribution < 1.29 is 22.3 Å². The molecule has 1 aromatic carbocycles. The number of carbonyl (C=O) groups excluding carboxylic acids is 1. The molecular weight excluding hydrogens is 285 g/mol. The number of ether oxygens (including phenoxy) is 1. The van der Waals surface area contributed by atoms with E-state index in [4.69, 9.17) is 11.6 Å².